The summed E-state index contributed by atoms with van der Waals surface area (Å²) in [6, 6.07) is 8.31. The molecule has 1 atom stereocenters. The minimum atomic E-state index is -0.0118. The minimum absolute atomic E-state index is 0.0118. The lowest BCUT2D eigenvalue weighted by atomic mass is 10.1. The van der Waals surface area contributed by atoms with Crippen molar-refractivity contribution in [2.24, 2.45) is 0 Å². The molecule has 0 fully saturated rings. The molecule has 0 aromatic heterocycles. The first kappa shape index (κ1) is 16.5. The van der Waals surface area contributed by atoms with Crippen molar-refractivity contribution in [3.63, 3.8) is 0 Å². The second kappa shape index (κ2) is 8.62. The van der Waals surface area contributed by atoms with Crippen LogP contribution in [0.1, 0.15) is 63.7 Å². The highest BCUT2D eigenvalue weighted by molar-refractivity contribution is 5.95. The fourth-order valence-electron chi connectivity index (χ4n) is 2.15. The average molecular weight is 276 g/mol. The third-order valence-corrected chi connectivity index (χ3v) is 3.20. The second-order valence-electron chi connectivity index (χ2n) is 5.75. The van der Waals surface area contributed by atoms with Gasteiger partial charge in [-0.2, -0.15) is 0 Å². The van der Waals surface area contributed by atoms with Gasteiger partial charge in [0.25, 0.3) is 5.91 Å². The van der Waals surface area contributed by atoms with Gasteiger partial charge in [0.2, 0.25) is 0 Å². The topological polar surface area (TPSA) is 41.1 Å². The zero-order chi connectivity index (χ0) is 15.0. The molecule has 1 rings (SSSR count). The normalized spacial score (nSPS) is 12.2. The van der Waals surface area contributed by atoms with Crippen LogP contribution in [0.2, 0.25) is 0 Å². The molecule has 0 bridgehead atoms. The maximum atomic E-state index is 12.0. The highest BCUT2D eigenvalue weighted by Gasteiger charge is 2.08. The highest BCUT2D eigenvalue weighted by Crippen LogP contribution is 2.14. The summed E-state index contributed by atoms with van der Waals surface area (Å²) in [6.45, 7) is 8.34. The quantitative estimate of drug-likeness (QED) is 0.698. The van der Waals surface area contributed by atoms with Crippen molar-refractivity contribution < 1.29 is 4.79 Å². The Morgan fingerprint density at radius 3 is 2.60 bits per heavy atom. The molecule has 0 saturated heterocycles. The molecule has 0 aliphatic rings. The third kappa shape index (κ3) is 6.09. The van der Waals surface area contributed by atoms with Crippen LogP contribution in [0.25, 0.3) is 0 Å². The standard InChI is InChI=1S/C17H28N2O/c1-5-6-7-9-14(4)19-16-11-8-10-15(12-16)17(20)18-13(2)3/h8,10-14,19H,5-7,9H2,1-4H3,(H,18,20). The number of unbranched alkanes of at least 4 members (excludes halogenated alkanes) is 2. The molecule has 2 N–H and O–H groups in total. The van der Waals surface area contributed by atoms with Crippen LogP contribution in [0.4, 0.5) is 5.69 Å². The van der Waals surface area contributed by atoms with Crippen molar-refractivity contribution in [1.29, 1.82) is 0 Å². The molecule has 112 valence electrons. The van der Waals surface area contributed by atoms with E-state index in [0.29, 0.717) is 11.6 Å². The molecule has 0 radical (unpaired) electrons. The number of anilines is 1. The fourth-order valence-corrected chi connectivity index (χ4v) is 2.15. The van der Waals surface area contributed by atoms with Gasteiger partial charge < -0.3 is 10.6 Å². The van der Waals surface area contributed by atoms with Gasteiger partial charge in [-0.1, -0.05) is 32.3 Å². The first-order valence-electron chi connectivity index (χ1n) is 7.70. The summed E-state index contributed by atoms with van der Waals surface area (Å²) in [5.74, 6) is -0.0118. The molecule has 3 nitrogen and oxygen atoms in total. The van der Waals surface area contributed by atoms with Gasteiger partial charge in [-0.25, -0.2) is 0 Å². The summed E-state index contributed by atoms with van der Waals surface area (Å²) in [5.41, 5.74) is 1.73. The molecule has 0 heterocycles. The number of benzene rings is 1. The van der Waals surface area contributed by atoms with Crippen LogP contribution < -0.4 is 10.6 Å². The van der Waals surface area contributed by atoms with Crippen molar-refractivity contribution in [3.05, 3.63) is 29.8 Å². The molecule has 1 unspecified atom stereocenters. The van der Waals surface area contributed by atoms with Crippen molar-refractivity contribution in [3.8, 4) is 0 Å². The maximum absolute atomic E-state index is 12.0. The van der Waals surface area contributed by atoms with Gasteiger partial charge in [0.15, 0.2) is 0 Å². The van der Waals surface area contributed by atoms with Crippen molar-refractivity contribution >= 4 is 11.6 Å². The van der Waals surface area contributed by atoms with Gasteiger partial charge >= 0.3 is 0 Å². The number of rotatable bonds is 8. The van der Waals surface area contributed by atoms with Crippen molar-refractivity contribution in [1.82, 2.24) is 5.32 Å². The molecular weight excluding hydrogens is 248 g/mol. The summed E-state index contributed by atoms with van der Waals surface area (Å²) >= 11 is 0. The van der Waals surface area contributed by atoms with Gasteiger partial charge in [0.1, 0.15) is 0 Å². The first-order valence-corrected chi connectivity index (χ1v) is 7.70. The zero-order valence-corrected chi connectivity index (χ0v) is 13.2. The van der Waals surface area contributed by atoms with Crippen LogP contribution in [0.15, 0.2) is 24.3 Å². The minimum Gasteiger partial charge on any atom is -0.383 e. The summed E-state index contributed by atoms with van der Waals surface area (Å²) in [6.07, 6.45) is 4.94. The second-order valence-corrected chi connectivity index (χ2v) is 5.75. The van der Waals surface area contributed by atoms with E-state index in [1.165, 1.54) is 19.3 Å². The maximum Gasteiger partial charge on any atom is 0.251 e. The van der Waals surface area contributed by atoms with E-state index in [2.05, 4.69) is 24.5 Å². The largest absolute Gasteiger partial charge is 0.383 e. The molecule has 20 heavy (non-hydrogen) atoms. The summed E-state index contributed by atoms with van der Waals surface area (Å²) in [4.78, 5) is 12.0. The average Bonchev–Trinajstić information content (AvgIpc) is 2.38. The lowest BCUT2D eigenvalue weighted by Crippen LogP contribution is -2.30. The summed E-state index contributed by atoms with van der Waals surface area (Å²) in [7, 11) is 0. The van der Waals surface area contributed by atoms with Gasteiger partial charge in [0.05, 0.1) is 0 Å². The molecule has 3 heteroatoms. The molecule has 1 aromatic rings. The highest BCUT2D eigenvalue weighted by atomic mass is 16.1. The van der Waals surface area contributed by atoms with Crippen LogP contribution in [-0.2, 0) is 0 Å². The van der Waals surface area contributed by atoms with E-state index >= 15 is 0 Å². The Bertz CT molecular complexity index is 415. The Morgan fingerprint density at radius 2 is 1.95 bits per heavy atom. The van der Waals surface area contributed by atoms with E-state index < -0.39 is 0 Å². The van der Waals surface area contributed by atoms with E-state index in [9.17, 15) is 4.79 Å². The summed E-state index contributed by atoms with van der Waals surface area (Å²) < 4.78 is 0. The number of amides is 1. The van der Waals surface area contributed by atoms with E-state index in [4.69, 9.17) is 0 Å². The number of carbonyl (C=O) groups is 1. The first-order chi connectivity index (χ1) is 9.52. The number of carbonyl (C=O) groups excluding carboxylic acids is 1. The third-order valence-electron chi connectivity index (χ3n) is 3.20. The number of hydrogen-bond donors (Lipinski definition) is 2. The van der Waals surface area contributed by atoms with Gasteiger partial charge in [-0.3, -0.25) is 4.79 Å². The van der Waals surface area contributed by atoms with Crippen molar-refractivity contribution in [2.45, 2.75) is 65.5 Å². The van der Waals surface area contributed by atoms with Crippen molar-refractivity contribution in [2.75, 3.05) is 5.32 Å². The van der Waals surface area contributed by atoms with Gasteiger partial charge in [-0.05, 0) is 45.4 Å². The Balaban J connectivity index is 2.57. The predicted octanol–water partition coefficient (Wildman–Crippen LogP) is 4.21. The fraction of sp³-hybridized carbons (Fsp3) is 0.588. The zero-order valence-electron chi connectivity index (χ0n) is 13.2. The lowest BCUT2D eigenvalue weighted by molar-refractivity contribution is 0.0943. The molecule has 0 spiro atoms. The monoisotopic (exact) mass is 276 g/mol. The molecule has 1 aromatic carbocycles. The van der Waals surface area contributed by atoms with Crippen LogP contribution >= 0.6 is 0 Å². The molecule has 0 aliphatic carbocycles. The van der Waals surface area contributed by atoms with Gasteiger partial charge in [0, 0.05) is 23.3 Å². The summed E-state index contributed by atoms with van der Waals surface area (Å²) in [5, 5.41) is 6.38. The Kier molecular flexibility index (Phi) is 7.13. The lowest BCUT2D eigenvalue weighted by Gasteiger charge is -2.16. The van der Waals surface area contributed by atoms with Gasteiger partial charge in [-0.15, -0.1) is 0 Å². The Hall–Kier alpha value is -1.51. The van der Waals surface area contributed by atoms with Crippen LogP contribution in [0, 0.1) is 0 Å². The van der Waals surface area contributed by atoms with E-state index in [-0.39, 0.29) is 11.9 Å². The Morgan fingerprint density at radius 1 is 1.20 bits per heavy atom. The van der Waals surface area contributed by atoms with Crippen LogP contribution in [-0.4, -0.2) is 18.0 Å². The van der Waals surface area contributed by atoms with Crippen LogP contribution in [0.5, 0.6) is 0 Å². The van der Waals surface area contributed by atoms with E-state index in [1.807, 2.05) is 38.1 Å². The van der Waals surface area contributed by atoms with Crippen LogP contribution in [0.3, 0.4) is 0 Å². The Labute approximate surface area is 123 Å². The SMILES string of the molecule is CCCCCC(C)Nc1cccc(C(=O)NC(C)C)c1. The van der Waals surface area contributed by atoms with E-state index in [0.717, 1.165) is 12.1 Å². The molecule has 1 amide bonds. The molecular formula is C17H28N2O. The predicted molar refractivity (Wildman–Crippen MR) is 86.3 cm³/mol. The number of hydrogen-bond acceptors (Lipinski definition) is 2. The molecule has 0 aliphatic heterocycles. The smallest absolute Gasteiger partial charge is 0.251 e. The molecule has 0 saturated carbocycles. The number of nitrogens with one attached hydrogen (secondary N) is 2. The van der Waals surface area contributed by atoms with E-state index in [1.54, 1.807) is 0 Å².